The maximum atomic E-state index is 12.1. The van der Waals surface area contributed by atoms with Crippen LogP contribution in [0.3, 0.4) is 0 Å². The molecule has 1 aromatic carbocycles. The number of likely N-dealkylation sites (tertiary alicyclic amines) is 1. The van der Waals surface area contributed by atoms with Crippen molar-refractivity contribution < 1.29 is 14.3 Å². The van der Waals surface area contributed by atoms with Crippen molar-refractivity contribution >= 4 is 23.0 Å². The zero-order valence-corrected chi connectivity index (χ0v) is 13.5. The number of ether oxygens (including phenoxy) is 1. The molecule has 1 fully saturated rings. The molecule has 5 heteroatoms. The Kier molecular flexibility index (Phi) is 4.93. The average Bonchev–Trinajstić information content (AvgIpc) is 2.86. The van der Waals surface area contributed by atoms with Crippen LogP contribution in [-0.2, 0) is 4.74 Å². The number of amides is 1. The SMILES string of the molecule is CC(C)(C)OC(=O)N1CC[C@@H](SC(=O)c2ccccc2)C1. The monoisotopic (exact) mass is 307 g/mol. The normalized spacial score (nSPS) is 18.6. The van der Waals surface area contributed by atoms with Crippen molar-refractivity contribution in [2.45, 2.75) is 38.0 Å². The molecule has 1 amide bonds. The van der Waals surface area contributed by atoms with Gasteiger partial charge >= 0.3 is 6.09 Å². The van der Waals surface area contributed by atoms with E-state index in [1.807, 2.05) is 51.1 Å². The lowest BCUT2D eigenvalue weighted by molar-refractivity contribution is 0.0295. The highest BCUT2D eigenvalue weighted by atomic mass is 32.2. The maximum Gasteiger partial charge on any atom is 0.410 e. The molecule has 1 aromatic rings. The minimum absolute atomic E-state index is 0.0617. The van der Waals surface area contributed by atoms with Gasteiger partial charge in [-0.25, -0.2) is 4.79 Å². The van der Waals surface area contributed by atoms with Gasteiger partial charge in [0.1, 0.15) is 5.60 Å². The molecule has 1 aliphatic rings. The molecular formula is C16H21NO3S. The van der Waals surface area contributed by atoms with E-state index in [1.54, 1.807) is 4.90 Å². The summed E-state index contributed by atoms with van der Waals surface area (Å²) < 4.78 is 5.35. The number of thioether (sulfide) groups is 1. The second kappa shape index (κ2) is 6.52. The molecule has 1 heterocycles. The van der Waals surface area contributed by atoms with Crippen LogP contribution in [0.2, 0.25) is 0 Å². The Bertz CT molecular complexity index is 510. The van der Waals surface area contributed by atoms with Gasteiger partial charge in [-0.05, 0) is 27.2 Å². The van der Waals surface area contributed by atoms with Crippen LogP contribution in [0.25, 0.3) is 0 Å². The smallest absolute Gasteiger partial charge is 0.410 e. The van der Waals surface area contributed by atoms with Gasteiger partial charge < -0.3 is 9.64 Å². The predicted molar refractivity (Wildman–Crippen MR) is 84.6 cm³/mol. The zero-order valence-electron chi connectivity index (χ0n) is 12.7. The third kappa shape index (κ3) is 4.77. The number of nitrogens with zero attached hydrogens (tertiary/aromatic N) is 1. The van der Waals surface area contributed by atoms with Crippen LogP contribution in [0, 0.1) is 0 Å². The molecule has 1 aliphatic heterocycles. The number of hydrogen-bond donors (Lipinski definition) is 0. The van der Waals surface area contributed by atoms with Crippen molar-refractivity contribution in [3.05, 3.63) is 35.9 Å². The molecule has 21 heavy (non-hydrogen) atoms. The van der Waals surface area contributed by atoms with E-state index in [1.165, 1.54) is 11.8 Å². The van der Waals surface area contributed by atoms with Crippen LogP contribution in [0.4, 0.5) is 4.79 Å². The highest BCUT2D eigenvalue weighted by molar-refractivity contribution is 8.14. The molecule has 0 saturated carbocycles. The molecule has 114 valence electrons. The molecule has 0 bridgehead atoms. The first-order valence-corrected chi connectivity index (χ1v) is 7.97. The summed E-state index contributed by atoms with van der Waals surface area (Å²) in [5.41, 5.74) is 0.223. The van der Waals surface area contributed by atoms with Crippen molar-refractivity contribution in [2.24, 2.45) is 0 Å². The molecule has 0 radical (unpaired) electrons. The second-order valence-corrected chi connectivity index (χ2v) is 7.38. The molecule has 1 saturated heterocycles. The van der Waals surface area contributed by atoms with E-state index in [0.29, 0.717) is 18.7 Å². The third-order valence-electron chi connectivity index (χ3n) is 3.08. The van der Waals surface area contributed by atoms with Crippen molar-refractivity contribution in [2.75, 3.05) is 13.1 Å². The van der Waals surface area contributed by atoms with Gasteiger partial charge in [-0.3, -0.25) is 4.79 Å². The number of rotatable bonds is 2. The van der Waals surface area contributed by atoms with Gasteiger partial charge in [0.2, 0.25) is 5.12 Å². The fourth-order valence-corrected chi connectivity index (χ4v) is 3.16. The fraction of sp³-hybridized carbons (Fsp3) is 0.500. The van der Waals surface area contributed by atoms with Crippen molar-refractivity contribution in [3.63, 3.8) is 0 Å². The summed E-state index contributed by atoms with van der Waals surface area (Å²) in [4.78, 5) is 25.8. The van der Waals surface area contributed by atoms with E-state index in [9.17, 15) is 9.59 Å². The van der Waals surface area contributed by atoms with Crippen LogP contribution in [0.1, 0.15) is 37.6 Å². The molecule has 2 rings (SSSR count). The minimum atomic E-state index is -0.484. The lowest BCUT2D eigenvalue weighted by Crippen LogP contribution is -2.35. The quantitative estimate of drug-likeness (QED) is 0.838. The highest BCUT2D eigenvalue weighted by Crippen LogP contribution is 2.27. The van der Waals surface area contributed by atoms with Crippen LogP contribution >= 0.6 is 11.8 Å². The van der Waals surface area contributed by atoms with E-state index in [4.69, 9.17) is 4.74 Å². The number of carbonyl (C=O) groups is 2. The van der Waals surface area contributed by atoms with Crippen molar-refractivity contribution in [1.82, 2.24) is 4.90 Å². The Hall–Kier alpha value is -1.49. The summed E-state index contributed by atoms with van der Waals surface area (Å²) >= 11 is 1.31. The third-order valence-corrected chi connectivity index (χ3v) is 4.25. The first-order chi connectivity index (χ1) is 9.85. The topological polar surface area (TPSA) is 46.6 Å². The van der Waals surface area contributed by atoms with Gasteiger partial charge in [0.15, 0.2) is 0 Å². The molecule has 1 atom stereocenters. The Morgan fingerprint density at radius 1 is 1.24 bits per heavy atom. The van der Waals surface area contributed by atoms with Gasteiger partial charge in [0, 0.05) is 23.9 Å². The van der Waals surface area contributed by atoms with E-state index < -0.39 is 5.60 Å². The fourth-order valence-electron chi connectivity index (χ4n) is 2.11. The molecule has 0 aromatic heterocycles. The van der Waals surface area contributed by atoms with Gasteiger partial charge in [0.05, 0.1) is 0 Å². The summed E-state index contributed by atoms with van der Waals surface area (Å²) in [6.45, 7) is 6.78. The summed E-state index contributed by atoms with van der Waals surface area (Å²) in [5, 5.41) is 0.205. The van der Waals surface area contributed by atoms with Crippen LogP contribution in [0.15, 0.2) is 30.3 Å². The Morgan fingerprint density at radius 3 is 2.52 bits per heavy atom. The molecule has 4 nitrogen and oxygen atoms in total. The van der Waals surface area contributed by atoms with E-state index >= 15 is 0 Å². The highest BCUT2D eigenvalue weighted by Gasteiger charge is 2.31. The Balaban J connectivity index is 1.86. The number of benzene rings is 1. The lowest BCUT2D eigenvalue weighted by atomic mass is 10.2. The summed E-state index contributed by atoms with van der Waals surface area (Å²) in [5.74, 6) is 0. The van der Waals surface area contributed by atoms with Crippen LogP contribution in [0.5, 0.6) is 0 Å². The van der Waals surface area contributed by atoms with Gasteiger partial charge in [0.25, 0.3) is 0 Å². The minimum Gasteiger partial charge on any atom is -0.444 e. The summed E-state index contributed by atoms with van der Waals surface area (Å²) in [7, 11) is 0. The van der Waals surface area contributed by atoms with Gasteiger partial charge in [-0.2, -0.15) is 0 Å². The largest absolute Gasteiger partial charge is 0.444 e. The van der Waals surface area contributed by atoms with Crippen LogP contribution in [-0.4, -0.2) is 40.0 Å². The van der Waals surface area contributed by atoms with E-state index in [2.05, 4.69) is 0 Å². The maximum absolute atomic E-state index is 12.1. The van der Waals surface area contributed by atoms with Gasteiger partial charge in [-0.15, -0.1) is 0 Å². The Morgan fingerprint density at radius 2 is 1.90 bits per heavy atom. The molecule has 0 spiro atoms. The first kappa shape index (κ1) is 15.9. The average molecular weight is 307 g/mol. The number of carbonyl (C=O) groups excluding carboxylic acids is 2. The van der Waals surface area contributed by atoms with Crippen molar-refractivity contribution in [3.8, 4) is 0 Å². The molecular weight excluding hydrogens is 286 g/mol. The first-order valence-electron chi connectivity index (χ1n) is 7.09. The lowest BCUT2D eigenvalue weighted by Gasteiger charge is -2.24. The standard InChI is InChI=1S/C16H21NO3S/c1-16(2,3)20-15(19)17-10-9-13(11-17)21-14(18)12-7-5-4-6-8-12/h4-8,13H,9-11H2,1-3H3/t13-/m1/s1. The summed E-state index contributed by atoms with van der Waals surface area (Å²) in [6, 6.07) is 9.23. The molecule has 0 unspecified atom stereocenters. The van der Waals surface area contributed by atoms with Crippen molar-refractivity contribution in [1.29, 1.82) is 0 Å². The predicted octanol–water partition coefficient (Wildman–Crippen LogP) is 3.57. The molecule has 0 aliphatic carbocycles. The van der Waals surface area contributed by atoms with E-state index in [0.717, 1.165) is 6.42 Å². The van der Waals surface area contributed by atoms with E-state index in [-0.39, 0.29) is 16.5 Å². The van der Waals surface area contributed by atoms with Gasteiger partial charge in [-0.1, -0.05) is 42.1 Å². The Labute approximate surface area is 129 Å². The summed E-state index contributed by atoms with van der Waals surface area (Å²) in [6.07, 6.45) is 0.528. The molecule has 0 N–H and O–H groups in total. The van der Waals surface area contributed by atoms with Crippen LogP contribution < -0.4 is 0 Å². The second-order valence-electron chi connectivity index (χ2n) is 6.11. The zero-order chi connectivity index (χ0) is 15.5. The number of hydrogen-bond acceptors (Lipinski definition) is 4.